The Bertz CT molecular complexity index is 887. The van der Waals surface area contributed by atoms with Crippen molar-refractivity contribution in [2.45, 2.75) is 58.0 Å². The molecule has 0 bridgehead atoms. The number of H-pyrrole nitrogens is 1. The van der Waals surface area contributed by atoms with Crippen molar-refractivity contribution in [1.29, 1.82) is 0 Å². The standard InChI is InChI=1S/C18H24N6O/c1-11(2)9-16(25)21-12-3-5-13(6-4-12)24-17-14-7-8-19-18(14)20-10-15(17)22-23-24/h7-8,10-13,23H,3-6,9H2,1-2H3,(H,21,25). The van der Waals surface area contributed by atoms with E-state index in [2.05, 4.69) is 44.1 Å². The number of hydrogen-bond acceptors (Lipinski definition) is 4. The van der Waals surface area contributed by atoms with Crippen LogP contribution in [0.2, 0.25) is 0 Å². The molecule has 0 radical (unpaired) electrons. The van der Waals surface area contributed by atoms with Gasteiger partial charge in [-0.1, -0.05) is 13.8 Å². The van der Waals surface area contributed by atoms with E-state index in [1.165, 1.54) is 0 Å². The van der Waals surface area contributed by atoms with E-state index in [-0.39, 0.29) is 5.91 Å². The fourth-order valence-corrected chi connectivity index (χ4v) is 3.83. The van der Waals surface area contributed by atoms with Crippen LogP contribution in [0.15, 0.2) is 18.5 Å². The van der Waals surface area contributed by atoms with Gasteiger partial charge in [0.1, 0.15) is 5.52 Å². The summed E-state index contributed by atoms with van der Waals surface area (Å²) in [7, 11) is 0. The molecule has 0 unspecified atom stereocenters. The molecule has 1 aliphatic rings. The first kappa shape index (κ1) is 16.1. The van der Waals surface area contributed by atoms with E-state index in [0.717, 1.165) is 47.8 Å². The number of hydrogen-bond donors (Lipinski definition) is 2. The quantitative estimate of drug-likeness (QED) is 0.764. The molecule has 7 heteroatoms. The van der Waals surface area contributed by atoms with Gasteiger partial charge in [-0.25, -0.2) is 15.2 Å². The summed E-state index contributed by atoms with van der Waals surface area (Å²) in [6, 6.07) is 2.65. The van der Waals surface area contributed by atoms with Gasteiger partial charge in [0, 0.05) is 24.0 Å². The molecule has 0 aromatic carbocycles. The number of nitrogens with zero attached hydrogens (tertiary/aromatic N) is 4. The normalized spacial score (nSPS) is 21.2. The number of fused-ring (bicyclic) bond motifs is 3. The summed E-state index contributed by atoms with van der Waals surface area (Å²) in [5.74, 6) is 0.575. The Labute approximate surface area is 146 Å². The molecule has 3 heterocycles. The van der Waals surface area contributed by atoms with Crippen molar-refractivity contribution in [3.05, 3.63) is 18.5 Å². The largest absolute Gasteiger partial charge is 0.353 e. The molecule has 4 rings (SSSR count). The lowest BCUT2D eigenvalue weighted by Crippen LogP contribution is -2.38. The van der Waals surface area contributed by atoms with E-state index in [9.17, 15) is 4.79 Å². The molecular weight excluding hydrogens is 316 g/mol. The predicted molar refractivity (Wildman–Crippen MR) is 96.1 cm³/mol. The molecule has 2 N–H and O–H groups in total. The van der Waals surface area contributed by atoms with Gasteiger partial charge in [0.2, 0.25) is 5.91 Å². The summed E-state index contributed by atoms with van der Waals surface area (Å²) >= 11 is 0. The molecular formula is C18H24N6O. The molecule has 3 aromatic rings. The van der Waals surface area contributed by atoms with Crippen molar-refractivity contribution in [3.8, 4) is 0 Å². The monoisotopic (exact) mass is 340 g/mol. The van der Waals surface area contributed by atoms with Crippen molar-refractivity contribution in [2.75, 3.05) is 0 Å². The smallest absolute Gasteiger partial charge is 0.220 e. The minimum absolute atomic E-state index is 0.175. The minimum atomic E-state index is 0.175. The molecule has 0 spiro atoms. The summed E-state index contributed by atoms with van der Waals surface area (Å²) in [5, 5.41) is 11.8. The molecule has 0 saturated heterocycles. The van der Waals surface area contributed by atoms with Crippen molar-refractivity contribution in [3.63, 3.8) is 0 Å². The number of nitrogens with one attached hydrogen (secondary N) is 2. The first-order valence-corrected chi connectivity index (χ1v) is 9.07. The van der Waals surface area contributed by atoms with Crippen LogP contribution in [0.25, 0.3) is 22.1 Å². The first-order valence-electron chi connectivity index (χ1n) is 9.07. The number of rotatable bonds is 4. The van der Waals surface area contributed by atoms with E-state index in [4.69, 9.17) is 0 Å². The maximum atomic E-state index is 12.0. The maximum absolute atomic E-state index is 12.0. The zero-order valence-corrected chi connectivity index (χ0v) is 14.7. The minimum Gasteiger partial charge on any atom is -0.353 e. The summed E-state index contributed by atoms with van der Waals surface area (Å²) in [6.45, 7) is 4.15. The van der Waals surface area contributed by atoms with Crippen molar-refractivity contribution in [1.82, 2.24) is 30.3 Å². The van der Waals surface area contributed by atoms with Crippen LogP contribution in [0.5, 0.6) is 0 Å². The van der Waals surface area contributed by atoms with Gasteiger partial charge in [0.15, 0.2) is 5.65 Å². The third-order valence-corrected chi connectivity index (χ3v) is 5.03. The summed E-state index contributed by atoms with van der Waals surface area (Å²) < 4.78 is 2.16. The van der Waals surface area contributed by atoms with E-state index in [1.807, 2.05) is 6.07 Å². The number of aromatic nitrogens is 5. The number of amides is 1. The molecule has 7 nitrogen and oxygen atoms in total. The Kier molecular flexibility index (Phi) is 4.15. The van der Waals surface area contributed by atoms with Gasteiger partial charge in [-0.3, -0.25) is 9.48 Å². The fourth-order valence-electron chi connectivity index (χ4n) is 3.83. The SMILES string of the molecule is CC(C)CC(=O)NC1CCC(n2[nH]nc3cnc4nccc4c32)CC1. The van der Waals surface area contributed by atoms with Crippen molar-refractivity contribution < 1.29 is 4.79 Å². The van der Waals surface area contributed by atoms with Gasteiger partial charge in [0.25, 0.3) is 0 Å². The molecule has 1 saturated carbocycles. The van der Waals surface area contributed by atoms with Crippen LogP contribution >= 0.6 is 0 Å². The highest BCUT2D eigenvalue weighted by Crippen LogP contribution is 2.32. The summed E-state index contributed by atoms with van der Waals surface area (Å²) in [6.07, 6.45) is 8.20. The van der Waals surface area contributed by atoms with Crippen LogP contribution in [-0.2, 0) is 4.79 Å². The highest BCUT2D eigenvalue weighted by Gasteiger charge is 2.25. The second-order valence-corrected chi connectivity index (χ2v) is 7.43. The Morgan fingerprint density at radius 2 is 2.12 bits per heavy atom. The Balaban J connectivity index is 1.49. The average molecular weight is 340 g/mol. The zero-order valence-electron chi connectivity index (χ0n) is 14.7. The van der Waals surface area contributed by atoms with Gasteiger partial charge in [0.05, 0.1) is 17.8 Å². The van der Waals surface area contributed by atoms with Gasteiger partial charge in [-0.2, -0.15) is 5.10 Å². The molecule has 1 aliphatic carbocycles. The highest BCUT2D eigenvalue weighted by molar-refractivity contribution is 6.00. The van der Waals surface area contributed by atoms with Gasteiger partial charge < -0.3 is 5.32 Å². The third-order valence-electron chi connectivity index (χ3n) is 5.03. The van der Waals surface area contributed by atoms with Gasteiger partial charge >= 0.3 is 0 Å². The molecule has 1 fully saturated rings. The topological polar surface area (TPSA) is 88.5 Å². The van der Waals surface area contributed by atoms with Crippen LogP contribution < -0.4 is 5.32 Å². The number of carbonyl (C=O) groups is 1. The average Bonchev–Trinajstić information content (AvgIpc) is 3.20. The van der Waals surface area contributed by atoms with E-state index < -0.39 is 0 Å². The highest BCUT2D eigenvalue weighted by atomic mass is 16.1. The lowest BCUT2D eigenvalue weighted by atomic mass is 9.91. The third kappa shape index (κ3) is 3.10. The van der Waals surface area contributed by atoms with Gasteiger partial charge in [-0.15, -0.1) is 0 Å². The lowest BCUT2D eigenvalue weighted by Gasteiger charge is -2.30. The zero-order chi connectivity index (χ0) is 17.4. The molecule has 25 heavy (non-hydrogen) atoms. The van der Waals surface area contributed by atoms with Crippen LogP contribution in [0.3, 0.4) is 0 Å². The Morgan fingerprint density at radius 3 is 2.88 bits per heavy atom. The Morgan fingerprint density at radius 1 is 1.32 bits per heavy atom. The van der Waals surface area contributed by atoms with E-state index in [0.29, 0.717) is 24.4 Å². The first-order chi connectivity index (χ1) is 12.1. The summed E-state index contributed by atoms with van der Waals surface area (Å²) in [5.41, 5.74) is 2.71. The Hall–Kier alpha value is -2.44. The molecule has 132 valence electrons. The van der Waals surface area contributed by atoms with E-state index >= 15 is 0 Å². The number of carbonyl (C=O) groups excluding carboxylic acids is 1. The van der Waals surface area contributed by atoms with Crippen molar-refractivity contribution >= 4 is 28.0 Å². The van der Waals surface area contributed by atoms with Gasteiger partial charge in [-0.05, 0) is 37.7 Å². The number of pyridine rings is 1. The van der Waals surface area contributed by atoms with Crippen LogP contribution in [0.1, 0.15) is 52.0 Å². The molecule has 3 aromatic heterocycles. The second-order valence-electron chi connectivity index (χ2n) is 7.43. The van der Waals surface area contributed by atoms with Crippen LogP contribution in [0.4, 0.5) is 0 Å². The fraction of sp³-hybridized carbons (Fsp3) is 0.556. The summed E-state index contributed by atoms with van der Waals surface area (Å²) in [4.78, 5) is 20.6. The lowest BCUT2D eigenvalue weighted by molar-refractivity contribution is -0.122. The van der Waals surface area contributed by atoms with Crippen molar-refractivity contribution in [2.24, 2.45) is 5.92 Å². The molecule has 1 amide bonds. The second kappa shape index (κ2) is 6.46. The molecule has 0 aliphatic heterocycles. The number of aromatic amines is 1. The van der Waals surface area contributed by atoms with E-state index in [1.54, 1.807) is 12.4 Å². The predicted octanol–water partition coefficient (Wildman–Crippen LogP) is 2.95. The molecule has 0 atom stereocenters. The van der Waals surface area contributed by atoms with Crippen LogP contribution in [0, 0.1) is 5.92 Å². The maximum Gasteiger partial charge on any atom is 0.220 e. The van der Waals surface area contributed by atoms with Crippen LogP contribution in [-0.4, -0.2) is 36.9 Å².